The number of hydrogen-bond donors (Lipinski definition) is 0. The molecule has 0 bridgehead atoms. The Morgan fingerprint density at radius 2 is 0.350 bits per heavy atom. The molecular formula is C6H6Fe4O24P6. The fraction of sp³-hybridized carbons (Fsp3) is 1.00. The molecule has 1 saturated carbocycles. The molecule has 4 radical (unpaired) electrons. The molecule has 0 heterocycles. The van der Waals surface area contributed by atoms with Gasteiger partial charge in [-0.15, -0.1) is 0 Å². The van der Waals surface area contributed by atoms with E-state index in [-0.39, 0.29) is 68.3 Å². The molecule has 0 saturated heterocycles. The molecule has 0 atom stereocenters. The van der Waals surface area contributed by atoms with E-state index in [9.17, 15) is 86.1 Å². The van der Waals surface area contributed by atoms with Crippen LogP contribution in [0.15, 0.2) is 0 Å². The molecule has 1 fully saturated rings. The van der Waals surface area contributed by atoms with E-state index in [1.54, 1.807) is 0 Å². The van der Waals surface area contributed by atoms with Crippen molar-refractivity contribution in [2.75, 3.05) is 0 Å². The van der Waals surface area contributed by atoms with Crippen molar-refractivity contribution in [3.05, 3.63) is 0 Å². The summed E-state index contributed by atoms with van der Waals surface area (Å²) in [6.07, 6.45) is -21.5. The van der Waals surface area contributed by atoms with E-state index in [1.807, 2.05) is 0 Å². The average Bonchev–Trinajstić information content (AvgIpc) is 2.51. The zero-order valence-corrected chi connectivity index (χ0v) is 27.1. The molecule has 40 heavy (non-hydrogen) atoms. The van der Waals surface area contributed by atoms with Crippen molar-refractivity contribution in [1.29, 1.82) is 0 Å². The topological polar surface area (TPSA) is 435 Å². The van der Waals surface area contributed by atoms with Crippen LogP contribution in [0.5, 0.6) is 0 Å². The van der Waals surface area contributed by atoms with Crippen molar-refractivity contribution in [3.8, 4) is 0 Å². The van der Waals surface area contributed by atoms with Gasteiger partial charge in [0.2, 0.25) is 0 Å². The van der Waals surface area contributed by atoms with Gasteiger partial charge in [-0.3, -0.25) is 0 Å². The Kier molecular flexibility index (Phi) is 21.8. The molecule has 236 valence electrons. The molecule has 0 amide bonds. The molecule has 0 unspecified atom stereocenters. The van der Waals surface area contributed by atoms with E-state index in [1.165, 1.54) is 0 Å². The standard InChI is InChI=1S/C6H18O24P6.4Fe/c7-31(8,9)25-1-2(26-32(10,11)12)4(28-34(16,17)18)6(30-36(22,23)24)5(29-35(19,20)21)3(1)27-33(13,14)15;;;;/h1-6H,(H2,7,8,9)(H2,10,11,12)(H2,13,14,15)(H2,16,17,18)(H2,19,20,21)(H2,22,23,24);;;;/q;4*+3/p-12/t1-,2-,3-,4+,5-,6-;;;;. The smallest absolute Gasteiger partial charge is 0.790 e. The first-order valence-electron chi connectivity index (χ1n) is 7.80. The third-order valence-electron chi connectivity index (χ3n) is 3.45. The first-order chi connectivity index (χ1) is 15.6. The molecule has 0 aromatic rings. The van der Waals surface area contributed by atoms with Crippen LogP contribution in [-0.2, 0) is 123 Å². The summed E-state index contributed by atoms with van der Waals surface area (Å²) in [5, 5.41) is 0. The van der Waals surface area contributed by atoms with Gasteiger partial charge in [0.15, 0.2) is 0 Å². The van der Waals surface area contributed by atoms with Gasteiger partial charge in [0, 0.05) is 0 Å². The van der Waals surface area contributed by atoms with Crippen molar-refractivity contribution >= 4 is 46.9 Å². The largest absolute Gasteiger partial charge is 3.00 e. The van der Waals surface area contributed by atoms with Crippen LogP contribution in [0.25, 0.3) is 0 Å². The second-order valence-electron chi connectivity index (χ2n) is 6.10. The van der Waals surface area contributed by atoms with Crippen molar-refractivity contribution in [3.63, 3.8) is 0 Å². The van der Waals surface area contributed by atoms with E-state index in [0.29, 0.717) is 0 Å². The van der Waals surface area contributed by atoms with Crippen LogP contribution < -0.4 is 58.7 Å². The average molecular weight is 871 g/mol. The molecular weight excluding hydrogens is 865 g/mol. The summed E-state index contributed by atoms with van der Waals surface area (Å²) in [4.78, 5) is 133. The summed E-state index contributed by atoms with van der Waals surface area (Å²) < 4.78 is 88.3. The first-order valence-corrected chi connectivity index (χ1v) is 16.6. The van der Waals surface area contributed by atoms with Crippen LogP contribution in [0.2, 0.25) is 0 Å². The number of hydrogen-bond acceptors (Lipinski definition) is 24. The fourth-order valence-corrected chi connectivity index (χ4v) is 5.96. The monoisotopic (exact) mass is 872 g/mol. The van der Waals surface area contributed by atoms with Crippen LogP contribution in [0.3, 0.4) is 0 Å². The number of phosphoric ester groups is 6. The second kappa shape index (κ2) is 17.6. The zero-order chi connectivity index (χ0) is 28.7. The normalized spacial score (nSPS) is 26.4. The van der Waals surface area contributed by atoms with Gasteiger partial charge in [-0.1, -0.05) is 0 Å². The van der Waals surface area contributed by atoms with Crippen LogP contribution in [0.4, 0.5) is 0 Å². The minimum atomic E-state index is -6.68. The molecule has 0 aliphatic heterocycles. The Hall–Kier alpha value is 2.74. The van der Waals surface area contributed by atoms with Crippen LogP contribution >= 0.6 is 46.9 Å². The molecule has 0 N–H and O–H groups in total. The molecule has 1 rings (SSSR count). The van der Waals surface area contributed by atoms with Gasteiger partial charge in [0.05, 0.1) is 46.9 Å². The van der Waals surface area contributed by atoms with Crippen LogP contribution in [0.1, 0.15) is 0 Å². The Morgan fingerprint density at radius 1 is 0.275 bits per heavy atom. The van der Waals surface area contributed by atoms with Crippen molar-refractivity contribution in [2.24, 2.45) is 0 Å². The fourth-order valence-electron chi connectivity index (χ4n) is 2.74. The Morgan fingerprint density at radius 3 is 0.400 bits per heavy atom. The Balaban J connectivity index is -0.00000162. The maximum absolute atomic E-state index is 11.1. The van der Waals surface area contributed by atoms with Crippen LogP contribution in [-0.4, -0.2) is 36.6 Å². The maximum atomic E-state index is 11.1. The summed E-state index contributed by atoms with van der Waals surface area (Å²) in [5.41, 5.74) is 0. The van der Waals surface area contributed by atoms with Gasteiger partial charge in [-0.2, -0.15) is 0 Å². The van der Waals surface area contributed by atoms with Gasteiger partial charge in [0.25, 0.3) is 0 Å². The number of phosphoric acid groups is 6. The summed E-state index contributed by atoms with van der Waals surface area (Å²) in [5.74, 6) is 0. The molecule has 24 nitrogen and oxygen atoms in total. The van der Waals surface area contributed by atoms with Gasteiger partial charge in [0.1, 0.15) is 36.6 Å². The maximum Gasteiger partial charge on any atom is 3.00 e. The summed E-state index contributed by atoms with van der Waals surface area (Å²) >= 11 is 0. The van der Waals surface area contributed by atoms with Gasteiger partial charge < -0.3 is 113 Å². The van der Waals surface area contributed by atoms with Crippen molar-refractivity contribution in [2.45, 2.75) is 36.6 Å². The van der Waals surface area contributed by atoms with Gasteiger partial charge >= 0.3 is 68.3 Å². The molecule has 0 aromatic heterocycles. The third-order valence-corrected chi connectivity index (χ3v) is 6.46. The SMILES string of the molecule is O=P([O-])([O-])O[C@H]1[C@H](OP(=O)([O-])[O-])[C@@H](OP(=O)([O-])[O-])[C@H](OP(=O)([O-])[O-])[C@@H](OP(=O)([O-])[O-])[C@H]1OP(=O)([O-])[O-].[Fe+3].[Fe+3].[Fe+3].[Fe+3]. The Labute approximate surface area is 263 Å². The predicted octanol–water partition coefficient (Wildman–Crippen LogP) is -10.7. The van der Waals surface area contributed by atoms with E-state index < -0.39 is 83.6 Å². The minimum Gasteiger partial charge on any atom is -0.790 e. The minimum absolute atomic E-state index is 0. The van der Waals surface area contributed by atoms with E-state index in [2.05, 4.69) is 27.1 Å². The van der Waals surface area contributed by atoms with E-state index in [4.69, 9.17) is 0 Å². The molecule has 0 aromatic carbocycles. The molecule has 0 spiro atoms. The zero-order valence-electron chi connectivity index (χ0n) is 17.4. The van der Waals surface area contributed by atoms with E-state index in [0.717, 1.165) is 0 Å². The van der Waals surface area contributed by atoms with E-state index >= 15 is 0 Å². The quantitative estimate of drug-likeness (QED) is 0.130. The van der Waals surface area contributed by atoms with Crippen molar-refractivity contribution < 1.29 is 182 Å². The summed E-state index contributed by atoms with van der Waals surface area (Å²) in [6, 6.07) is 0. The second-order valence-corrected chi connectivity index (χ2v) is 12.7. The first kappa shape index (κ1) is 49.6. The van der Waals surface area contributed by atoms with Crippen LogP contribution in [0, 0.1) is 0 Å². The molecule has 1 aliphatic rings. The molecule has 1 aliphatic carbocycles. The summed E-state index contributed by atoms with van der Waals surface area (Å²) in [7, 11) is -40.1. The summed E-state index contributed by atoms with van der Waals surface area (Å²) in [6.45, 7) is 0. The predicted molar refractivity (Wildman–Crippen MR) is 74.9 cm³/mol. The van der Waals surface area contributed by atoms with Crippen molar-refractivity contribution in [1.82, 2.24) is 0 Å². The molecule has 34 heteroatoms. The van der Waals surface area contributed by atoms with Gasteiger partial charge in [-0.25, -0.2) is 0 Å². The number of rotatable bonds is 12. The van der Waals surface area contributed by atoms with Gasteiger partial charge in [-0.05, 0) is 0 Å². The Bertz CT molecular complexity index is 837. The third kappa shape index (κ3) is 20.0.